The largest absolute Gasteiger partial charge is 0.481 e. The van der Waals surface area contributed by atoms with Gasteiger partial charge in [0.1, 0.15) is 12.7 Å². The Morgan fingerprint density at radius 1 is 1.17 bits per heavy atom. The molecule has 8 nitrogen and oxygen atoms in total. The lowest BCUT2D eigenvalue weighted by molar-refractivity contribution is -0.138. The first-order valence-corrected chi connectivity index (χ1v) is 8.03. The van der Waals surface area contributed by atoms with Crippen molar-refractivity contribution in [3.8, 4) is 0 Å². The van der Waals surface area contributed by atoms with Crippen molar-refractivity contribution in [2.24, 2.45) is 5.41 Å². The summed E-state index contributed by atoms with van der Waals surface area (Å²) in [7, 11) is 0. The second-order valence-electron chi connectivity index (χ2n) is 5.05. The molecule has 4 N–H and O–H groups in total. The number of nitrogens with one attached hydrogen (secondary N) is 2. The zero-order valence-electron chi connectivity index (χ0n) is 14.1. The molecule has 136 valence electrons. The number of aliphatic hydroxyl groups excluding tert-OH is 1. The average molecular weight is 352 g/mol. The minimum atomic E-state index is -1.43. The van der Waals surface area contributed by atoms with Gasteiger partial charge in [-0.05, 0) is 0 Å². The molecule has 0 heterocycles. The number of carbonyl (C=O) groups excluding carboxylic acids is 2. The molecule has 0 fully saturated rings. The standard InChI is InChI=1S/C12H22N2O6S.C2H6/c1-12(2,7-20-11(19)14-5-6-21)9(17)10(18)13-4-3-8(15)16;1-2/h9,17,21H,3-7H2,1-2H3,(H,13,18)(H,14,19)(H,15,16);1-2H3/t9-;/m0./s1. The van der Waals surface area contributed by atoms with E-state index >= 15 is 0 Å². The highest BCUT2D eigenvalue weighted by Gasteiger charge is 2.34. The summed E-state index contributed by atoms with van der Waals surface area (Å²) in [5, 5.41) is 23.1. The lowest BCUT2D eigenvalue weighted by Gasteiger charge is -2.28. The molecule has 0 aliphatic rings. The number of carboxylic acid groups (broad SMARTS) is 1. The summed E-state index contributed by atoms with van der Waals surface area (Å²) in [5.41, 5.74) is -1.01. The normalized spacial score (nSPS) is 11.6. The van der Waals surface area contributed by atoms with Crippen molar-refractivity contribution in [2.75, 3.05) is 25.4 Å². The summed E-state index contributed by atoms with van der Waals surface area (Å²) >= 11 is 3.92. The number of rotatable bonds is 9. The molecule has 0 bridgehead atoms. The second kappa shape index (κ2) is 13.0. The van der Waals surface area contributed by atoms with E-state index in [1.165, 1.54) is 0 Å². The Kier molecular flexibility index (Phi) is 13.4. The number of ether oxygens (including phenoxy) is 1. The van der Waals surface area contributed by atoms with Crippen molar-refractivity contribution in [1.82, 2.24) is 10.6 Å². The van der Waals surface area contributed by atoms with Gasteiger partial charge in [-0.1, -0.05) is 27.7 Å². The minimum Gasteiger partial charge on any atom is -0.481 e. The monoisotopic (exact) mass is 352 g/mol. The number of amides is 2. The number of aliphatic hydroxyl groups is 1. The van der Waals surface area contributed by atoms with Crippen LogP contribution in [0, 0.1) is 5.41 Å². The Morgan fingerprint density at radius 3 is 2.22 bits per heavy atom. The summed E-state index contributed by atoms with van der Waals surface area (Å²) in [6.45, 7) is 7.21. The van der Waals surface area contributed by atoms with E-state index in [0.29, 0.717) is 12.3 Å². The fourth-order valence-electron chi connectivity index (χ4n) is 1.28. The van der Waals surface area contributed by atoms with Gasteiger partial charge in [0, 0.05) is 24.3 Å². The number of hydrogen-bond donors (Lipinski definition) is 5. The van der Waals surface area contributed by atoms with Crippen molar-refractivity contribution in [1.29, 1.82) is 0 Å². The Balaban J connectivity index is 0. The lowest BCUT2D eigenvalue weighted by atomic mass is 9.87. The number of hydrogen-bond acceptors (Lipinski definition) is 6. The molecule has 0 aliphatic heterocycles. The maximum atomic E-state index is 11.7. The van der Waals surface area contributed by atoms with E-state index in [0.717, 1.165) is 0 Å². The topological polar surface area (TPSA) is 125 Å². The third-order valence-corrected chi connectivity index (χ3v) is 2.81. The summed E-state index contributed by atoms with van der Waals surface area (Å²) in [4.78, 5) is 33.3. The van der Waals surface area contributed by atoms with Crippen LogP contribution in [0.2, 0.25) is 0 Å². The van der Waals surface area contributed by atoms with E-state index in [-0.39, 0.29) is 19.6 Å². The predicted octanol–water partition coefficient (Wildman–Crippen LogP) is 0.647. The Labute approximate surface area is 142 Å². The molecule has 0 spiro atoms. The third kappa shape index (κ3) is 11.7. The van der Waals surface area contributed by atoms with Gasteiger partial charge >= 0.3 is 12.1 Å². The summed E-state index contributed by atoms with van der Waals surface area (Å²) in [5.74, 6) is -1.29. The smallest absolute Gasteiger partial charge is 0.407 e. The first-order chi connectivity index (χ1) is 10.7. The van der Waals surface area contributed by atoms with Crippen molar-refractivity contribution >= 4 is 30.6 Å². The van der Waals surface area contributed by atoms with Crippen molar-refractivity contribution in [2.45, 2.75) is 40.2 Å². The number of carboxylic acids is 1. The Bertz CT molecular complexity index is 376. The fourth-order valence-corrected chi connectivity index (χ4v) is 1.40. The first-order valence-electron chi connectivity index (χ1n) is 7.39. The molecule has 0 rings (SSSR count). The van der Waals surface area contributed by atoms with Crippen LogP contribution in [0.3, 0.4) is 0 Å². The first kappa shape index (κ1) is 23.8. The van der Waals surface area contributed by atoms with Gasteiger partial charge in [-0.3, -0.25) is 9.59 Å². The molecule has 23 heavy (non-hydrogen) atoms. The van der Waals surface area contributed by atoms with Crippen molar-refractivity contribution < 1.29 is 29.3 Å². The van der Waals surface area contributed by atoms with Gasteiger partial charge in [0.15, 0.2) is 0 Å². The van der Waals surface area contributed by atoms with E-state index in [1.807, 2.05) is 13.8 Å². The molecule has 2 amide bonds. The van der Waals surface area contributed by atoms with Gasteiger partial charge in [0.25, 0.3) is 0 Å². The van der Waals surface area contributed by atoms with Gasteiger partial charge in [0.2, 0.25) is 5.91 Å². The van der Waals surface area contributed by atoms with Crippen LogP contribution in [0.4, 0.5) is 4.79 Å². The highest BCUT2D eigenvalue weighted by atomic mass is 32.1. The van der Waals surface area contributed by atoms with Crippen LogP contribution in [0.1, 0.15) is 34.1 Å². The lowest BCUT2D eigenvalue weighted by Crippen LogP contribution is -2.47. The quantitative estimate of drug-likeness (QED) is 0.388. The third-order valence-electron chi connectivity index (χ3n) is 2.58. The summed E-state index contributed by atoms with van der Waals surface area (Å²) < 4.78 is 4.90. The van der Waals surface area contributed by atoms with E-state index in [2.05, 4.69) is 23.3 Å². The average Bonchev–Trinajstić information content (AvgIpc) is 2.51. The molecule has 0 aliphatic carbocycles. The summed E-state index contributed by atoms with van der Waals surface area (Å²) in [6.07, 6.45) is -2.32. The summed E-state index contributed by atoms with van der Waals surface area (Å²) in [6, 6.07) is 0. The Morgan fingerprint density at radius 2 is 1.74 bits per heavy atom. The van der Waals surface area contributed by atoms with Crippen LogP contribution in [0.25, 0.3) is 0 Å². The number of aliphatic carboxylic acids is 1. The van der Waals surface area contributed by atoms with Crippen molar-refractivity contribution in [3.05, 3.63) is 0 Å². The SMILES string of the molecule is CC.CC(C)(COC(=O)NCCS)[C@@H](O)C(=O)NCCC(=O)O. The molecule has 9 heteroatoms. The molecule has 0 aromatic rings. The second-order valence-corrected chi connectivity index (χ2v) is 5.50. The molecule has 0 aromatic heterocycles. The van der Waals surface area contributed by atoms with Gasteiger partial charge < -0.3 is 25.6 Å². The van der Waals surface area contributed by atoms with E-state index in [9.17, 15) is 19.5 Å². The maximum absolute atomic E-state index is 11.7. The van der Waals surface area contributed by atoms with Gasteiger partial charge in [-0.15, -0.1) is 0 Å². The molecule has 0 radical (unpaired) electrons. The molecular formula is C14H28N2O6S. The van der Waals surface area contributed by atoms with Crippen LogP contribution in [-0.4, -0.2) is 59.7 Å². The highest BCUT2D eigenvalue weighted by molar-refractivity contribution is 7.80. The number of carbonyl (C=O) groups is 3. The van der Waals surface area contributed by atoms with Crippen LogP contribution in [0.15, 0.2) is 0 Å². The van der Waals surface area contributed by atoms with Gasteiger partial charge in [-0.25, -0.2) is 4.79 Å². The van der Waals surface area contributed by atoms with E-state index in [1.54, 1.807) is 13.8 Å². The van der Waals surface area contributed by atoms with Gasteiger partial charge in [0.05, 0.1) is 6.42 Å². The molecule has 0 unspecified atom stereocenters. The van der Waals surface area contributed by atoms with Crippen molar-refractivity contribution in [3.63, 3.8) is 0 Å². The minimum absolute atomic E-state index is 0.0788. The fraction of sp³-hybridized carbons (Fsp3) is 0.786. The van der Waals surface area contributed by atoms with Crippen LogP contribution in [-0.2, 0) is 14.3 Å². The van der Waals surface area contributed by atoms with Crippen LogP contribution in [0.5, 0.6) is 0 Å². The maximum Gasteiger partial charge on any atom is 0.407 e. The molecule has 0 saturated heterocycles. The molecular weight excluding hydrogens is 324 g/mol. The van der Waals surface area contributed by atoms with Gasteiger partial charge in [-0.2, -0.15) is 12.6 Å². The zero-order valence-corrected chi connectivity index (χ0v) is 15.0. The number of alkyl carbamates (subject to hydrolysis) is 1. The van der Waals surface area contributed by atoms with E-state index < -0.39 is 29.5 Å². The predicted molar refractivity (Wildman–Crippen MR) is 89.6 cm³/mol. The van der Waals surface area contributed by atoms with Crippen LogP contribution < -0.4 is 10.6 Å². The highest BCUT2D eigenvalue weighted by Crippen LogP contribution is 2.21. The zero-order chi connectivity index (χ0) is 18.5. The molecule has 0 aromatic carbocycles. The Hall–Kier alpha value is -1.48. The molecule has 1 atom stereocenters. The molecule has 0 saturated carbocycles. The van der Waals surface area contributed by atoms with Crippen LogP contribution >= 0.6 is 12.6 Å². The van der Waals surface area contributed by atoms with E-state index in [4.69, 9.17) is 9.84 Å². The number of thiol groups is 1.